The molecule has 0 saturated carbocycles. The summed E-state index contributed by atoms with van der Waals surface area (Å²) >= 11 is 0. The maximum atomic E-state index is 14.2. The second-order valence-corrected chi connectivity index (χ2v) is 7.97. The molecule has 0 fully saturated rings. The Morgan fingerprint density at radius 1 is 1.03 bits per heavy atom. The molecule has 0 atom stereocenters. The van der Waals surface area contributed by atoms with E-state index in [-0.39, 0.29) is 18.1 Å². The van der Waals surface area contributed by atoms with E-state index in [4.69, 9.17) is 0 Å². The number of nitrogens with zero attached hydrogens (tertiary/aromatic N) is 4. The van der Waals surface area contributed by atoms with Gasteiger partial charge in [-0.2, -0.15) is 0 Å². The van der Waals surface area contributed by atoms with Crippen LogP contribution in [0.2, 0.25) is 0 Å². The minimum atomic E-state index is -0.899. The third-order valence-corrected chi connectivity index (χ3v) is 5.72. The van der Waals surface area contributed by atoms with Crippen LogP contribution >= 0.6 is 0 Å². The van der Waals surface area contributed by atoms with Gasteiger partial charge >= 0.3 is 6.03 Å². The van der Waals surface area contributed by atoms with E-state index in [0.29, 0.717) is 30.9 Å². The van der Waals surface area contributed by atoms with Gasteiger partial charge in [-0.05, 0) is 35.7 Å². The summed E-state index contributed by atoms with van der Waals surface area (Å²) in [7, 11) is 0. The van der Waals surface area contributed by atoms with Gasteiger partial charge in [0, 0.05) is 23.4 Å². The van der Waals surface area contributed by atoms with Gasteiger partial charge in [-0.25, -0.2) is 18.3 Å². The molecule has 0 unspecified atom stereocenters. The van der Waals surface area contributed by atoms with Gasteiger partial charge < -0.3 is 10.2 Å². The molecule has 166 valence electrons. The molecule has 0 saturated heterocycles. The third kappa shape index (κ3) is 4.45. The fourth-order valence-electron chi connectivity index (χ4n) is 3.97. The molecule has 2 amide bonds. The standard InChI is InChI=1S/C25H21F2N5O/c26-22-10-9-18-11-12-31(15-21(18)24(22)27)25(33)28-20-8-4-7-19(13-20)23-16-32(30-29-23)14-17-5-2-1-3-6-17/h1-10,13,16H,11-12,14-15H2,(H,28,33). The Kier molecular flexibility index (Phi) is 5.56. The summed E-state index contributed by atoms with van der Waals surface area (Å²) in [5.41, 5.74) is 4.17. The fourth-order valence-corrected chi connectivity index (χ4v) is 3.97. The van der Waals surface area contributed by atoms with Gasteiger partial charge in [0.1, 0.15) is 5.69 Å². The number of nitrogens with one attached hydrogen (secondary N) is 1. The molecule has 0 bridgehead atoms. The van der Waals surface area contributed by atoms with Crippen LogP contribution < -0.4 is 5.32 Å². The van der Waals surface area contributed by atoms with Crippen molar-refractivity contribution in [2.75, 3.05) is 11.9 Å². The zero-order valence-electron chi connectivity index (χ0n) is 17.7. The number of halogens is 2. The molecule has 1 N–H and O–H groups in total. The maximum Gasteiger partial charge on any atom is 0.322 e. The number of amides is 2. The van der Waals surface area contributed by atoms with E-state index in [1.54, 1.807) is 16.8 Å². The highest BCUT2D eigenvalue weighted by Crippen LogP contribution is 2.25. The lowest BCUT2D eigenvalue weighted by molar-refractivity contribution is 0.205. The molecular weight excluding hydrogens is 424 g/mol. The first-order valence-electron chi connectivity index (χ1n) is 10.6. The van der Waals surface area contributed by atoms with Gasteiger partial charge in [-0.3, -0.25) is 0 Å². The predicted octanol–water partition coefficient (Wildman–Crippen LogP) is 4.86. The molecule has 4 aromatic rings. The van der Waals surface area contributed by atoms with Crippen molar-refractivity contribution in [3.63, 3.8) is 0 Å². The van der Waals surface area contributed by atoms with E-state index < -0.39 is 11.6 Å². The number of anilines is 1. The maximum absolute atomic E-state index is 14.2. The second-order valence-electron chi connectivity index (χ2n) is 7.97. The molecule has 0 radical (unpaired) electrons. The quantitative estimate of drug-likeness (QED) is 0.488. The predicted molar refractivity (Wildman–Crippen MR) is 120 cm³/mol. The van der Waals surface area contributed by atoms with Crippen molar-refractivity contribution >= 4 is 11.7 Å². The molecule has 1 aromatic heterocycles. The van der Waals surface area contributed by atoms with Crippen molar-refractivity contribution in [2.45, 2.75) is 19.5 Å². The van der Waals surface area contributed by atoms with Crippen LogP contribution in [0.15, 0.2) is 72.9 Å². The van der Waals surface area contributed by atoms with E-state index in [9.17, 15) is 13.6 Å². The Labute approximate surface area is 189 Å². The van der Waals surface area contributed by atoms with Crippen molar-refractivity contribution in [3.05, 3.63) is 101 Å². The minimum absolute atomic E-state index is 0.0261. The van der Waals surface area contributed by atoms with Crippen LogP contribution in [0.1, 0.15) is 16.7 Å². The van der Waals surface area contributed by atoms with Crippen molar-refractivity contribution < 1.29 is 13.6 Å². The molecule has 5 rings (SSSR count). The minimum Gasteiger partial charge on any atom is -0.320 e. The highest BCUT2D eigenvalue weighted by Gasteiger charge is 2.25. The Bertz CT molecular complexity index is 1310. The molecular formula is C25H21F2N5O. The SMILES string of the molecule is O=C(Nc1cccc(-c2cn(Cc3ccccc3)nn2)c1)N1CCc2ccc(F)c(F)c2C1. The monoisotopic (exact) mass is 445 g/mol. The number of fused-ring (bicyclic) bond motifs is 1. The normalized spacial score (nSPS) is 13.0. The topological polar surface area (TPSA) is 63.1 Å². The summed E-state index contributed by atoms with van der Waals surface area (Å²) < 4.78 is 29.5. The van der Waals surface area contributed by atoms with Crippen LogP contribution in [-0.2, 0) is 19.5 Å². The number of aromatic nitrogens is 3. The first kappa shape index (κ1) is 20.8. The zero-order valence-corrected chi connectivity index (χ0v) is 17.7. The molecule has 0 spiro atoms. The van der Waals surface area contributed by atoms with E-state index >= 15 is 0 Å². The average Bonchev–Trinajstić information content (AvgIpc) is 3.31. The summed E-state index contributed by atoms with van der Waals surface area (Å²) in [5, 5.41) is 11.3. The van der Waals surface area contributed by atoms with Crippen LogP contribution in [0.3, 0.4) is 0 Å². The number of hydrogen-bond acceptors (Lipinski definition) is 3. The summed E-state index contributed by atoms with van der Waals surface area (Å²) in [5.74, 6) is -1.78. The van der Waals surface area contributed by atoms with E-state index in [1.165, 1.54) is 4.90 Å². The smallest absolute Gasteiger partial charge is 0.320 e. The van der Waals surface area contributed by atoms with Gasteiger partial charge in [0.15, 0.2) is 11.6 Å². The van der Waals surface area contributed by atoms with Crippen LogP contribution in [0, 0.1) is 11.6 Å². The fraction of sp³-hybridized carbons (Fsp3) is 0.160. The summed E-state index contributed by atoms with van der Waals surface area (Å²) in [4.78, 5) is 14.3. The van der Waals surface area contributed by atoms with Crippen LogP contribution in [0.4, 0.5) is 19.3 Å². The van der Waals surface area contributed by atoms with Crippen LogP contribution in [0.5, 0.6) is 0 Å². The summed E-state index contributed by atoms with van der Waals surface area (Å²) in [6, 6.07) is 19.6. The highest BCUT2D eigenvalue weighted by molar-refractivity contribution is 5.90. The first-order chi connectivity index (χ1) is 16.1. The number of rotatable bonds is 4. The van der Waals surface area contributed by atoms with Gasteiger partial charge in [-0.1, -0.05) is 53.7 Å². The van der Waals surface area contributed by atoms with Gasteiger partial charge in [0.25, 0.3) is 0 Å². The Balaban J connectivity index is 1.28. The number of hydrogen-bond donors (Lipinski definition) is 1. The molecule has 8 heteroatoms. The molecule has 6 nitrogen and oxygen atoms in total. The number of benzene rings is 3. The van der Waals surface area contributed by atoms with Crippen molar-refractivity contribution in [1.29, 1.82) is 0 Å². The van der Waals surface area contributed by atoms with Crippen LogP contribution in [-0.4, -0.2) is 32.5 Å². The zero-order chi connectivity index (χ0) is 22.8. The van der Waals surface area contributed by atoms with E-state index in [0.717, 1.165) is 22.8 Å². The third-order valence-electron chi connectivity index (χ3n) is 5.72. The lowest BCUT2D eigenvalue weighted by Crippen LogP contribution is -2.39. The Morgan fingerprint density at radius 3 is 2.73 bits per heavy atom. The first-order valence-corrected chi connectivity index (χ1v) is 10.6. The molecule has 2 heterocycles. The van der Waals surface area contributed by atoms with Crippen molar-refractivity contribution in [1.82, 2.24) is 19.9 Å². The lowest BCUT2D eigenvalue weighted by Gasteiger charge is -2.29. The number of carbonyl (C=O) groups excluding carboxylic acids is 1. The molecule has 33 heavy (non-hydrogen) atoms. The van der Waals surface area contributed by atoms with Crippen LogP contribution in [0.25, 0.3) is 11.3 Å². The van der Waals surface area contributed by atoms with Crippen molar-refractivity contribution in [3.8, 4) is 11.3 Å². The highest BCUT2D eigenvalue weighted by atomic mass is 19.2. The van der Waals surface area contributed by atoms with E-state index in [1.807, 2.05) is 54.7 Å². The van der Waals surface area contributed by atoms with Gasteiger partial charge in [0.2, 0.25) is 0 Å². The van der Waals surface area contributed by atoms with Gasteiger partial charge in [0.05, 0.1) is 19.3 Å². The lowest BCUT2D eigenvalue weighted by atomic mass is 9.99. The molecule has 1 aliphatic rings. The number of carbonyl (C=O) groups is 1. The molecule has 0 aliphatic carbocycles. The summed E-state index contributed by atoms with van der Waals surface area (Å²) in [6.45, 7) is 1.06. The Morgan fingerprint density at radius 2 is 1.88 bits per heavy atom. The number of urea groups is 1. The largest absolute Gasteiger partial charge is 0.322 e. The second kappa shape index (κ2) is 8.82. The summed E-state index contributed by atoms with van der Waals surface area (Å²) in [6.07, 6.45) is 2.33. The average molecular weight is 445 g/mol. The van der Waals surface area contributed by atoms with E-state index in [2.05, 4.69) is 15.6 Å². The molecule has 1 aliphatic heterocycles. The van der Waals surface area contributed by atoms with Gasteiger partial charge in [-0.15, -0.1) is 5.10 Å². The molecule has 3 aromatic carbocycles. The Hall–Kier alpha value is -4.07. The van der Waals surface area contributed by atoms with Crippen molar-refractivity contribution in [2.24, 2.45) is 0 Å².